The molecule has 3 amide bonds. The minimum Gasteiger partial charge on any atom is -0.355 e. The number of aryl methyl sites for hydroxylation is 1. The monoisotopic (exact) mass is 443 g/mol. The molecule has 31 heavy (non-hydrogen) atoms. The van der Waals surface area contributed by atoms with Crippen LogP contribution in [0.25, 0.3) is 0 Å². The summed E-state index contributed by atoms with van der Waals surface area (Å²) in [5.74, 6) is -1.74. The molecule has 0 saturated heterocycles. The number of hydrogen-bond acceptors (Lipinski definition) is 5. The van der Waals surface area contributed by atoms with E-state index >= 15 is 0 Å². The topological polar surface area (TPSA) is 104 Å². The number of nitrogens with one attached hydrogen (secondary N) is 1. The third kappa shape index (κ3) is 4.46. The van der Waals surface area contributed by atoms with Crippen LogP contribution in [-0.2, 0) is 26.2 Å². The maximum Gasteiger partial charge on any atom is 0.269 e. The Morgan fingerprint density at radius 3 is 2.35 bits per heavy atom. The second-order valence-corrected chi connectivity index (χ2v) is 9.22. The van der Waals surface area contributed by atoms with E-state index in [0.717, 1.165) is 11.1 Å². The summed E-state index contributed by atoms with van der Waals surface area (Å²) in [6.07, 6.45) is 0. The van der Waals surface area contributed by atoms with Crippen molar-refractivity contribution in [1.29, 1.82) is 0 Å². The summed E-state index contributed by atoms with van der Waals surface area (Å²) in [6.45, 7) is 5.10. The van der Waals surface area contributed by atoms with Crippen molar-refractivity contribution in [2.45, 2.75) is 38.3 Å². The molecule has 0 unspecified atom stereocenters. The molecule has 1 N–H and O–H groups in total. The number of sulfonamides is 1. The molecule has 9 heteroatoms. The number of likely N-dealkylation sites (N-methyl/N-ethyl adjacent to an activating group) is 1. The molecular weight excluding hydrogens is 418 g/mol. The Morgan fingerprint density at radius 2 is 1.74 bits per heavy atom. The van der Waals surface area contributed by atoms with Crippen molar-refractivity contribution in [2.24, 2.45) is 0 Å². The van der Waals surface area contributed by atoms with Crippen LogP contribution < -0.4 is 5.32 Å². The van der Waals surface area contributed by atoms with Crippen molar-refractivity contribution in [3.8, 4) is 0 Å². The van der Waals surface area contributed by atoms with E-state index in [1.807, 2.05) is 31.2 Å². The number of nitrogens with zero attached hydrogens (tertiary/aromatic N) is 2. The third-order valence-corrected chi connectivity index (χ3v) is 6.97. The van der Waals surface area contributed by atoms with E-state index in [1.54, 1.807) is 19.9 Å². The van der Waals surface area contributed by atoms with E-state index in [9.17, 15) is 22.8 Å². The largest absolute Gasteiger partial charge is 0.355 e. The van der Waals surface area contributed by atoms with Crippen LogP contribution in [0.15, 0.2) is 53.4 Å². The molecule has 2 aromatic rings. The van der Waals surface area contributed by atoms with E-state index in [-0.39, 0.29) is 22.9 Å². The standard InChI is InChI=1S/C22H25N3O5S/c1-4-23-21(27)16(3)24(13-17-11-9-15(2)10-12-17)20(26)14-25-22(28)18-7-5-6-8-19(18)31(25,29)30/h5-12,16H,4,13-14H2,1-3H3,(H,23,27)/t16-/m1/s1. The summed E-state index contributed by atoms with van der Waals surface area (Å²) >= 11 is 0. The van der Waals surface area contributed by atoms with Crippen molar-refractivity contribution in [3.05, 3.63) is 65.2 Å². The van der Waals surface area contributed by atoms with E-state index in [0.29, 0.717) is 10.8 Å². The van der Waals surface area contributed by atoms with Crippen LogP contribution in [0.5, 0.6) is 0 Å². The van der Waals surface area contributed by atoms with Gasteiger partial charge < -0.3 is 10.2 Å². The highest BCUT2D eigenvalue weighted by molar-refractivity contribution is 7.90. The van der Waals surface area contributed by atoms with Crippen LogP contribution in [0, 0.1) is 6.92 Å². The van der Waals surface area contributed by atoms with Gasteiger partial charge in [0.2, 0.25) is 11.8 Å². The van der Waals surface area contributed by atoms with Crippen molar-refractivity contribution in [3.63, 3.8) is 0 Å². The molecular formula is C22H25N3O5S. The molecule has 0 aromatic heterocycles. The zero-order valence-corrected chi connectivity index (χ0v) is 18.5. The summed E-state index contributed by atoms with van der Waals surface area (Å²) < 4.78 is 26.2. The Bertz CT molecular complexity index is 1110. The summed E-state index contributed by atoms with van der Waals surface area (Å²) in [5, 5.41) is 2.68. The van der Waals surface area contributed by atoms with Gasteiger partial charge in [-0.15, -0.1) is 0 Å². The number of fused-ring (bicyclic) bond motifs is 1. The third-order valence-electron chi connectivity index (χ3n) is 5.18. The summed E-state index contributed by atoms with van der Waals surface area (Å²) in [6, 6.07) is 12.5. The lowest BCUT2D eigenvalue weighted by Crippen LogP contribution is -2.51. The fourth-order valence-electron chi connectivity index (χ4n) is 3.40. The SMILES string of the molecule is CCNC(=O)[C@@H](C)N(Cc1ccc(C)cc1)C(=O)CN1C(=O)c2ccccc2S1(=O)=O. The van der Waals surface area contributed by atoms with Crippen LogP contribution in [0.3, 0.4) is 0 Å². The molecule has 0 radical (unpaired) electrons. The first-order valence-electron chi connectivity index (χ1n) is 9.95. The maximum absolute atomic E-state index is 13.2. The van der Waals surface area contributed by atoms with Gasteiger partial charge in [0.05, 0.1) is 5.56 Å². The van der Waals surface area contributed by atoms with Gasteiger partial charge >= 0.3 is 0 Å². The van der Waals surface area contributed by atoms with Crippen molar-refractivity contribution in [2.75, 3.05) is 13.1 Å². The lowest BCUT2D eigenvalue weighted by Gasteiger charge is -2.30. The maximum atomic E-state index is 13.2. The lowest BCUT2D eigenvalue weighted by molar-refractivity contribution is -0.140. The van der Waals surface area contributed by atoms with Gasteiger partial charge in [-0.3, -0.25) is 14.4 Å². The Labute approximate surface area is 181 Å². The van der Waals surface area contributed by atoms with Crippen LogP contribution in [-0.4, -0.2) is 54.5 Å². The molecule has 3 rings (SSSR count). The fourth-order valence-corrected chi connectivity index (χ4v) is 4.91. The van der Waals surface area contributed by atoms with E-state index < -0.39 is 34.4 Å². The molecule has 1 atom stereocenters. The highest BCUT2D eigenvalue weighted by atomic mass is 32.2. The van der Waals surface area contributed by atoms with Gasteiger partial charge in [-0.2, -0.15) is 0 Å². The van der Waals surface area contributed by atoms with E-state index in [1.165, 1.54) is 23.1 Å². The smallest absolute Gasteiger partial charge is 0.269 e. The highest BCUT2D eigenvalue weighted by Gasteiger charge is 2.43. The predicted molar refractivity (Wildman–Crippen MR) is 115 cm³/mol. The van der Waals surface area contributed by atoms with Crippen LogP contribution in [0.4, 0.5) is 0 Å². The summed E-state index contributed by atoms with van der Waals surface area (Å²) in [7, 11) is -4.12. The van der Waals surface area contributed by atoms with E-state index in [4.69, 9.17) is 0 Å². The second-order valence-electron chi connectivity index (χ2n) is 7.39. The van der Waals surface area contributed by atoms with Crippen molar-refractivity contribution in [1.82, 2.24) is 14.5 Å². The van der Waals surface area contributed by atoms with Crippen molar-refractivity contribution < 1.29 is 22.8 Å². The van der Waals surface area contributed by atoms with Gasteiger partial charge in [0.25, 0.3) is 15.9 Å². The molecule has 1 heterocycles. The molecule has 1 aliphatic rings. The van der Waals surface area contributed by atoms with E-state index in [2.05, 4.69) is 5.32 Å². The Kier molecular flexibility index (Phi) is 6.45. The number of carbonyl (C=O) groups excluding carboxylic acids is 3. The van der Waals surface area contributed by atoms with Crippen LogP contribution in [0.2, 0.25) is 0 Å². The first-order chi connectivity index (χ1) is 14.7. The average Bonchev–Trinajstić information content (AvgIpc) is 2.94. The number of hydrogen-bond donors (Lipinski definition) is 1. The zero-order valence-electron chi connectivity index (χ0n) is 17.7. The average molecular weight is 444 g/mol. The quantitative estimate of drug-likeness (QED) is 0.701. The van der Waals surface area contributed by atoms with Crippen molar-refractivity contribution >= 4 is 27.7 Å². The second kappa shape index (κ2) is 8.89. The molecule has 0 saturated carbocycles. The molecule has 0 aliphatic carbocycles. The lowest BCUT2D eigenvalue weighted by atomic mass is 10.1. The number of carbonyl (C=O) groups is 3. The fraction of sp³-hybridized carbons (Fsp3) is 0.318. The Morgan fingerprint density at radius 1 is 1.10 bits per heavy atom. The molecule has 0 spiro atoms. The number of benzene rings is 2. The zero-order chi connectivity index (χ0) is 22.8. The highest BCUT2D eigenvalue weighted by Crippen LogP contribution is 2.30. The minimum absolute atomic E-state index is 0.0390. The van der Waals surface area contributed by atoms with Gasteiger partial charge in [-0.25, -0.2) is 12.7 Å². The van der Waals surface area contributed by atoms with Crippen LogP contribution in [0.1, 0.15) is 35.3 Å². The van der Waals surface area contributed by atoms with Gasteiger partial charge in [0.1, 0.15) is 17.5 Å². The predicted octanol–water partition coefficient (Wildman–Crippen LogP) is 1.69. The molecule has 2 aromatic carbocycles. The number of rotatable bonds is 7. The molecule has 1 aliphatic heterocycles. The normalized spacial score (nSPS) is 15.3. The first kappa shape index (κ1) is 22.5. The molecule has 0 fully saturated rings. The molecule has 164 valence electrons. The van der Waals surface area contributed by atoms with Gasteiger partial charge in [0.15, 0.2) is 0 Å². The van der Waals surface area contributed by atoms with Crippen LogP contribution >= 0.6 is 0 Å². The number of amides is 3. The van der Waals surface area contributed by atoms with Gasteiger partial charge in [-0.1, -0.05) is 42.0 Å². The summed E-state index contributed by atoms with van der Waals surface area (Å²) in [4.78, 5) is 39.5. The molecule has 0 bridgehead atoms. The molecule has 8 nitrogen and oxygen atoms in total. The summed E-state index contributed by atoms with van der Waals surface area (Å²) in [5.41, 5.74) is 1.87. The Balaban J connectivity index is 1.88. The van der Waals surface area contributed by atoms with Gasteiger partial charge in [0, 0.05) is 13.1 Å². The Hall–Kier alpha value is -3.20. The van der Waals surface area contributed by atoms with Gasteiger partial charge in [-0.05, 0) is 38.5 Å². The first-order valence-corrected chi connectivity index (χ1v) is 11.4. The minimum atomic E-state index is -4.12.